The van der Waals surface area contributed by atoms with Crippen LogP contribution in [0.5, 0.6) is 0 Å². The molecule has 2 fully saturated rings. The van der Waals surface area contributed by atoms with Gasteiger partial charge in [-0.15, -0.1) is 24.0 Å². The maximum atomic E-state index is 5.95. The predicted octanol–water partition coefficient (Wildman–Crippen LogP) is 2.60. The van der Waals surface area contributed by atoms with Crippen molar-refractivity contribution in [1.29, 1.82) is 0 Å². The van der Waals surface area contributed by atoms with Gasteiger partial charge in [0.1, 0.15) is 0 Å². The molecule has 0 radical (unpaired) electrons. The predicted molar refractivity (Wildman–Crippen MR) is 108 cm³/mol. The van der Waals surface area contributed by atoms with E-state index in [1.54, 1.807) is 0 Å². The van der Waals surface area contributed by atoms with Crippen molar-refractivity contribution in [3.63, 3.8) is 0 Å². The van der Waals surface area contributed by atoms with Crippen molar-refractivity contribution >= 4 is 29.9 Å². The standard InChI is InChI=1S/C17H34N4O.HI/c1-18-17(20-14-15-8-6-12-21(15)2)19-11-7-13-22-16-9-4-3-5-10-16;/h15-16H,3-14H2,1-2H3,(H2,18,19,20);1H. The third-order valence-corrected chi connectivity index (χ3v) is 4.92. The molecule has 1 heterocycles. The van der Waals surface area contributed by atoms with E-state index >= 15 is 0 Å². The highest BCUT2D eigenvalue weighted by Gasteiger charge is 2.20. The zero-order valence-corrected chi connectivity index (χ0v) is 17.2. The first-order valence-corrected chi connectivity index (χ1v) is 9.06. The number of likely N-dealkylation sites (N-methyl/N-ethyl adjacent to an activating group) is 1. The van der Waals surface area contributed by atoms with Gasteiger partial charge in [-0.2, -0.15) is 0 Å². The molecule has 1 aliphatic carbocycles. The second kappa shape index (κ2) is 12.3. The van der Waals surface area contributed by atoms with E-state index in [1.807, 2.05) is 7.05 Å². The summed E-state index contributed by atoms with van der Waals surface area (Å²) in [5.74, 6) is 0.915. The number of likely N-dealkylation sites (tertiary alicyclic amines) is 1. The van der Waals surface area contributed by atoms with Crippen LogP contribution in [0.1, 0.15) is 51.4 Å². The number of halogens is 1. The molecule has 2 aliphatic rings. The van der Waals surface area contributed by atoms with Crippen LogP contribution in [0.4, 0.5) is 0 Å². The molecule has 1 unspecified atom stereocenters. The molecule has 0 aromatic carbocycles. The lowest BCUT2D eigenvalue weighted by Crippen LogP contribution is -2.44. The van der Waals surface area contributed by atoms with Gasteiger partial charge in [0, 0.05) is 32.8 Å². The van der Waals surface area contributed by atoms with Gasteiger partial charge in [-0.1, -0.05) is 19.3 Å². The lowest BCUT2D eigenvalue weighted by Gasteiger charge is -2.22. The minimum atomic E-state index is 0. The molecule has 0 amide bonds. The third kappa shape index (κ3) is 8.03. The molecule has 0 bridgehead atoms. The third-order valence-electron chi connectivity index (χ3n) is 4.92. The number of nitrogens with zero attached hydrogens (tertiary/aromatic N) is 2. The van der Waals surface area contributed by atoms with Crippen molar-refractivity contribution in [3.05, 3.63) is 0 Å². The number of guanidine groups is 1. The van der Waals surface area contributed by atoms with E-state index in [-0.39, 0.29) is 24.0 Å². The Hall–Kier alpha value is -0.0800. The van der Waals surface area contributed by atoms with E-state index in [1.165, 1.54) is 51.5 Å². The topological polar surface area (TPSA) is 48.9 Å². The molecule has 0 spiro atoms. The van der Waals surface area contributed by atoms with Crippen molar-refractivity contribution in [2.24, 2.45) is 4.99 Å². The van der Waals surface area contributed by atoms with Crippen LogP contribution in [0, 0.1) is 0 Å². The molecule has 0 aromatic heterocycles. The first-order valence-electron chi connectivity index (χ1n) is 9.06. The van der Waals surface area contributed by atoms with Crippen molar-refractivity contribution in [1.82, 2.24) is 15.5 Å². The van der Waals surface area contributed by atoms with Gasteiger partial charge in [-0.05, 0) is 45.7 Å². The van der Waals surface area contributed by atoms with Crippen LogP contribution in [0.2, 0.25) is 0 Å². The average molecular weight is 438 g/mol. The van der Waals surface area contributed by atoms with E-state index in [9.17, 15) is 0 Å². The largest absolute Gasteiger partial charge is 0.378 e. The minimum absolute atomic E-state index is 0. The minimum Gasteiger partial charge on any atom is -0.378 e. The van der Waals surface area contributed by atoms with E-state index in [2.05, 4.69) is 27.6 Å². The number of nitrogens with one attached hydrogen (secondary N) is 2. The fraction of sp³-hybridized carbons (Fsp3) is 0.941. The summed E-state index contributed by atoms with van der Waals surface area (Å²) in [6.45, 7) is 3.98. The SMILES string of the molecule is CN=C(NCCCOC1CCCCC1)NCC1CCCN1C.I. The van der Waals surface area contributed by atoms with E-state index in [4.69, 9.17) is 4.74 Å². The molecule has 23 heavy (non-hydrogen) atoms. The smallest absolute Gasteiger partial charge is 0.191 e. The Morgan fingerprint density at radius 3 is 2.57 bits per heavy atom. The molecule has 1 aliphatic heterocycles. The molecule has 136 valence electrons. The van der Waals surface area contributed by atoms with Crippen molar-refractivity contribution < 1.29 is 4.74 Å². The van der Waals surface area contributed by atoms with Gasteiger partial charge in [-0.3, -0.25) is 4.99 Å². The monoisotopic (exact) mass is 438 g/mol. The van der Waals surface area contributed by atoms with Crippen LogP contribution in [0.15, 0.2) is 4.99 Å². The van der Waals surface area contributed by atoms with E-state index in [0.29, 0.717) is 12.1 Å². The highest BCUT2D eigenvalue weighted by Crippen LogP contribution is 2.20. The van der Waals surface area contributed by atoms with Crippen LogP contribution in [-0.4, -0.2) is 63.3 Å². The van der Waals surface area contributed by atoms with Crippen molar-refractivity contribution in [3.8, 4) is 0 Å². The van der Waals surface area contributed by atoms with Gasteiger partial charge in [0.2, 0.25) is 0 Å². The summed E-state index contributed by atoms with van der Waals surface area (Å²) in [7, 11) is 4.05. The van der Waals surface area contributed by atoms with E-state index in [0.717, 1.165) is 32.1 Å². The molecule has 5 nitrogen and oxygen atoms in total. The molecule has 1 saturated heterocycles. The average Bonchev–Trinajstić information content (AvgIpc) is 2.96. The highest BCUT2D eigenvalue weighted by molar-refractivity contribution is 14.0. The first-order chi connectivity index (χ1) is 10.8. The van der Waals surface area contributed by atoms with Crippen LogP contribution in [0.25, 0.3) is 0 Å². The molecule has 1 saturated carbocycles. The number of rotatable bonds is 7. The quantitative estimate of drug-likeness (QED) is 0.278. The van der Waals surface area contributed by atoms with E-state index < -0.39 is 0 Å². The number of aliphatic imine (C=N–C) groups is 1. The Morgan fingerprint density at radius 1 is 1.13 bits per heavy atom. The number of ether oxygens (including phenoxy) is 1. The Bertz CT molecular complexity index is 335. The molecular weight excluding hydrogens is 403 g/mol. The maximum absolute atomic E-state index is 5.95. The zero-order chi connectivity index (χ0) is 15.6. The molecule has 2 rings (SSSR count). The lowest BCUT2D eigenvalue weighted by atomic mass is 9.98. The second-order valence-corrected chi connectivity index (χ2v) is 6.64. The zero-order valence-electron chi connectivity index (χ0n) is 14.9. The highest BCUT2D eigenvalue weighted by atomic mass is 127. The van der Waals surface area contributed by atoms with Crippen LogP contribution < -0.4 is 10.6 Å². The van der Waals surface area contributed by atoms with Gasteiger partial charge in [0.15, 0.2) is 5.96 Å². The number of hydrogen-bond donors (Lipinski definition) is 2. The van der Waals surface area contributed by atoms with Crippen molar-refractivity contribution in [2.45, 2.75) is 63.5 Å². The lowest BCUT2D eigenvalue weighted by molar-refractivity contribution is 0.0277. The van der Waals surface area contributed by atoms with Gasteiger partial charge in [0.25, 0.3) is 0 Å². The van der Waals surface area contributed by atoms with Crippen molar-refractivity contribution in [2.75, 3.05) is 40.3 Å². The van der Waals surface area contributed by atoms with Gasteiger partial charge in [-0.25, -0.2) is 0 Å². The maximum Gasteiger partial charge on any atom is 0.191 e. The van der Waals surface area contributed by atoms with Crippen LogP contribution in [-0.2, 0) is 4.74 Å². The molecule has 2 N–H and O–H groups in total. The Kier molecular flexibility index (Phi) is 11.2. The van der Waals surface area contributed by atoms with Crippen LogP contribution >= 0.6 is 24.0 Å². The molecular formula is C17H35IN4O. The molecule has 1 atom stereocenters. The summed E-state index contributed by atoms with van der Waals surface area (Å²) >= 11 is 0. The Balaban J connectivity index is 0.00000264. The van der Waals surface area contributed by atoms with Gasteiger partial charge >= 0.3 is 0 Å². The number of hydrogen-bond acceptors (Lipinski definition) is 3. The summed E-state index contributed by atoms with van der Waals surface area (Å²) in [6.07, 6.45) is 10.7. The normalized spacial score (nSPS) is 23.6. The second-order valence-electron chi connectivity index (χ2n) is 6.64. The fourth-order valence-electron chi connectivity index (χ4n) is 3.43. The Labute approximate surface area is 159 Å². The summed E-state index contributed by atoms with van der Waals surface area (Å²) < 4.78 is 5.95. The first kappa shape index (κ1) is 21.0. The molecule has 6 heteroatoms. The summed E-state index contributed by atoms with van der Waals surface area (Å²) in [5, 5.41) is 6.82. The fourth-order valence-corrected chi connectivity index (χ4v) is 3.43. The van der Waals surface area contributed by atoms with Gasteiger partial charge < -0.3 is 20.3 Å². The summed E-state index contributed by atoms with van der Waals surface area (Å²) in [4.78, 5) is 6.73. The van der Waals surface area contributed by atoms with Gasteiger partial charge in [0.05, 0.1) is 6.10 Å². The summed E-state index contributed by atoms with van der Waals surface area (Å²) in [6, 6.07) is 0.646. The van der Waals surface area contributed by atoms with Crippen LogP contribution in [0.3, 0.4) is 0 Å². The summed E-state index contributed by atoms with van der Waals surface area (Å²) in [5.41, 5.74) is 0. The Morgan fingerprint density at radius 2 is 1.91 bits per heavy atom. The molecule has 0 aromatic rings.